The number of aryl methyl sites for hydroxylation is 2. The molecule has 0 atom stereocenters. The van der Waals surface area contributed by atoms with Crippen LogP contribution in [0, 0.1) is 39.0 Å². The molecule has 1 aliphatic heterocycles. The minimum absolute atomic E-state index is 0.261. The molecule has 0 aromatic heterocycles. The molecule has 0 aliphatic carbocycles. The van der Waals surface area contributed by atoms with Crippen molar-refractivity contribution in [2.24, 2.45) is 16.5 Å². The average molecular weight is 511 g/mol. The zero-order valence-electron chi connectivity index (χ0n) is 22.4. The Morgan fingerprint density at radius 2 is 1.66 bits per heavy atom. The highest BCUT2D eigenvalue weighted by molar-refractivity contribution is 6.03. The number of benzene rings is 3. The van der Waals surface area contributed by atoms with Crippen molar-refractivity contribution < 1.29 is 14.2 Å². The molecule has 196 valence electrons. The lowest BCUT2D eigenvalue weighted by atomic mass is 9.92. The van der Waals surface area contributed by atoms with Crippen LogP contribution in [0.4, 0.5) is 0 Å². The molecule has 0 bridgehead atoms. The van der Waals surface area contributed by atoms with Crippen molar-refractivity contribution in [1.29, 1.82) is 5.26 Å². The van der Waals surface area contributed by atoms with E-state index in [-0.39, 0.29) is 6.61 Å². The summed E-state index contributed by atoms with van der Waals surface area (Å²) in [5.41, 5.74) is 20.1. The molecule has 7 heteroatoms. The van der Waals surface area contributed by atoms with Crippen LogP contribution in [-0.4, -0.2) is 25.5 Å². The van der Waals surface area contributed by atoms with Gasteiger partial charge in [-0.25, -0.2) is 4.99 Å². The van der Waals surface area contributed by atoms with E-state index in [0.717, 1.165) is 57.0 Å². The summed E-state index contributed by atoms with van der Waals surface area (Å²) in [6, 6.07) is 16.1. The third kappa shape index (κ3) is 5.72. The Morgan fingerprint density at radius 3 is 2.37 bits per heavy atom. The van der Waals surface area contributed by atoms with Crippen LogP contribution in [0.3, 0.4) is 0 Å². The Bertz CT molecular complexity index is 1450. The van der Waals surface area contributed by atoms with Gasteiger partial charge in [0.2, 0.25) is 0 Å². The highest BCUT2D eigenvalue weighted by Gasteiger charge is 2.17. The quantitative estimate of drug-likeness (QED) is 0.315. The number of rotatable bonds is 11. The minimum Gasteiger partial charge on any atom is -0.493 e. The van der Waals surface area contributed by atoms with Gasteiger partial charge in [0.1, 0.15) is 41.4 Å². The van der Waals surface area contributed by atoms with Gasteiger partial charge in [-0.3, -0.25) is 0 Å². The fourth-order valence-electron chi connectivity index (χ4n) is 4.51. The molecule has 0 saturated heterocycles. The summed E-state index contributed by atoms with van der Waals surface area (Å²) in [7, 11) is 0. The van der Waals surface area contributed by atoms with Crippen LogP contribution < -0.4 is 25.7 Å². The molecule has 0 fully saturated rings. The van der Waals surface area contributed by atoms with E-state index in [2.05, 4.69) is 37.9 Å². The smallest absolute Gasteiger partial charge is 0.142 e. The Labute approximate surface area is 224 Å². The van der Waals surface area contributed by atoms with Gasteiger partial charge in [-0.05, 0) is 98.3 Å². The van der Waals surface area contributed by atoms with E-state index in [1.54, 1.807) is 6.08 Å². The predicted octanol–water partition coefficient (Wildman–Crippen LogP) is 5.81. The van der Waals surface area contributed by atoms with Crippen molar-refractivity contribution >= 4 is 5.71 Å². The molecule has 4 N–H and O–H groups in total. The first kappa shape index (κ1) is 26.9. The Hall–Kier alpha value is -4.12. The number of allylic oxidation sites excluding steroid dienone is 1. The summed E-state index contributed by atoms with van der Waals surface area (Å²) < 4.78 is 18.5. The molecule has 0 radical (unpaired) electrons. The van der Waals surface area contributed by atoms with Crippen LogP contribution in [0.15, 0.2) is 59.2 Å². The SMILES string of the molecule is Cc1cc(CN)c(OCC2=NC(C#N)=C2)cc1Oc1cccc(-c2c(C)ccc(OCCCN)c2C)c1C. The zero-order valence-corrected chi connectivity index (χ0v) is 22.4. The summed E-state index contributed by atoms with van der Waals surface area (Å²) >= 11 is 0. The van der Waals surface area contributed by atoms with Crippen LogP contribution in [-0.2, 0) is 6.54 Å². The number of nitrogens with two attached hydrogens (primary N) is 2. The molecule has 0 saturated carbocycles. The molecule has 1 heterocycles. The maximum absolute atomic E-state index is 8.87. The largest absolute Gasteiger partial charge is 0.493 e. The molecule has 1 aliphatic rings. The summed E-state index contributed by atoms with van der Waals surface area (Å²) in [5.74, 6) is 2.95. The molecule has 38 heavy (non-hydrogen) atoms. The molecule has 0 amide bonds. The Morgan fingerprint density at radius 1 is 0.868 bits per heavy atom. The summed E-state index contributed by atoms with van der Waals surface area (Å²) in [6.45, 7) is 10.0. The van der Waals surface area contributed by atoms with Crippen molar-refractivity contribution in [3.63, 3.8) is 0 Å². The Balaban J connectivity index is 1.62. The van der Waals surface area contributed by atoms with Crippen LogP contribution >= 0.6 is 0 Å². The number of ether oxygens (including phenoxy) is 3. The number of hydrogen-bond acceptors (Lipinski definition) is 7. The number of nitrogens with zero attached hydrogens (tertiary/aromatic N) is 2. The summed E-state index contributed by atoms with van der Waals surface area (Å²) in [4.78, 5) is 4.12. The van der Waals surface area contributed by atoms with E-state index in [1.165, 1.54) is 5.56 Å². The molecule has 4 rings (SSSR count). The highest BCUT2D eigenvalue weighted by atomic mass is 16.5. The van der Waals surface area contributed by atoms with E-state index < -0.39 is 0 Å². The molecule has 0 unspecified atom stereocenters. The summed E-state index contributed by atoms with van der Waals surface area (Å²) in [6.07, 6.45) is 2.52. The van der Waals surface area contributed by atoms with Gasteiger partial charge in [0.25, 0.3) is 0 Å². The standard InChI is InChI=1S/C31H34N4O3/c1-19-9-10-27(36-12-6-11-32)22(4)31(19)26-7-5-8-28(21(26)3)38-29-15-30(23(16-33)13-20(29)2)37-18-25-14-24(17-34)35-25/h5,7-10,13-15H,6,11-12,16,18,32-33H2,1-4H3. The topological polar surface area (TPSA) is 116 Å². The minimum atomic E-state index is 0.261. The van der Waals surface area contributed by atoms with Gasteiger partial charge in [0.15, 0.2) is 0 Å². The number of hydrogen-bond donors (Lipinski definition) is 2. The van der Waals surface area contributed by atoms with Gasteiger partial charge in [0.05, 0.1) is 12.3 Å². The molecular formula is C31H34N4O3. The molecule has 3 aromatic carbocycles. The number of nitriles is 1. The van der Waals surface area contributed by atoms with Gasteiger partial charge >= 0.3 is 0 Å². The van der Waals surface area contributed by atoms with Crippen LogP contribution in [0.1, 0.15) is 34.2 Å². The zero-order chi connectivity index (χ0) is 27.2. The maximum atomic E-state index is 8.87. The van der Waals surface area contributed by atoms with E-state index in [1.807, 2.05) is 43.3 Å². The van der Waals surface area contributed by atoms with Crippen molar-refractivity contribution in [3.8, 4) is 40.2 Å². The lowest BCUT2D eigenvalue weighted by molar-refractivity contribution is 0.311. The normalized spacial score (nSPS) is 12.2. The van der Waals surface area contributed by atoms with Crippen molar-refractivity contribution in [1.82, 2.24) is 0 Å². The van der Waals surface area contributed by atoms with Crippen molar-refractivity contribution in [2.75, 3.05) is 19.8 Å². The Kier molecular flexibility index (Phi) is 8.47. The first-order valence-electron chi connectivity index (χ1n) is 12.7. The van der Waals surface area contributed by atoms with Crippen LogP contribution in [0.25, 0.3) is 11.1 Å². The summed E-state index contributed by atoms with van der Waals surface area (Å²) in [5, 5.41) is 8.87. The van der Waals surface area contributed by atoms with E-state index in [9.17, 15) is 0 Å². The maximum Gasteiger partial charge on any atom is 0.142 e. The first-order chi connectivity index (χ1) is 18.4. The lowest BCUT2D eigenvalue weighted by Crippen LogP contribution is -2.16. The van der Waals surface area contributed by atoms with Crippen molar-refractivity contribution in [2.45, 2.75) is 40.7 Å². The van der Waals surface area contributed by atoms with E-state index >= 15 is 0 Å². The lowest BCUT2D eigenvalue weighted by Gasteiger charge is -2.20. The molecule has 7 nitrogen and oxygen atoms in total. The molecule has 0 spiro atoms. The monoisotopic (exact) mass is 510 g/mol. The van der Waals surface area contributed by atoms with Gasteiger partial charge < -0.3 is 25.7 Å². The van der Waals surface area contributed by atoms with Crippen molar-refractivity contribution in [3.05, 3.63) is 82.1 Å². The second-order valence-electron chi connectivity index (χ2n) is 9.36. The van der Waals surface area contributed by atoms with Gasteiger partial charge in [0, 0.05) is 18.2 Å². The van der Waals surface area contributed by atoms with Gasteiger partial charge in [-0.15, -0.1) is 0 Å². The first-order valence-corrected chi connectivity index (χ1v) is 12.7. The third-order valence-corrected chi connectivity index (χ3v) is 6.64. The molecular weight excluding hydrogens is 476 g/mol. The molecule has 3 aromatic rings. The predicted molar refractivity (Wildman–Crippen MR) is 151 cm³/mol. The third-order valence-electron chi connectivity index (χ3n) is 6.64. The van der Waals surface area contributed by atoms with Crippen LogP contribution in [0.2, 0.25) is 0 Å². The fourth-order valence-corrected chi connectivity index (χ4v) is 4.51. The second kappa shape index (κ2) is 12.0. The number of aliphatic imine (C=N–C) groups is 1. The van der Waals surface area contributed by atoms with Gasteiger partial charge in [-0.1, -0.05) is 18.2 Å². The van der Waals surface area contributed by atoms with E-state index in [4.69, 9.17) is 30.9 Å². The highest BCUT2D eigenvalue weighted by Crippen LogP contribution is 2.40. The van der Waals surface area contributed by atoms with Gasteiger partial charge in [-0.2, -0.15) is 5.26 Å². The average Bonchev–Trinajstić information content (AvgIpc) is 2.88. The fraction of sp³-hybridized carbons (Fsp3) is 0.290. The second-order valence-corrected chi connectivity index (χ2v) is 9.36. The van der Waals surface area contributed by atoms with Crippen LogP contribution in [0.5, 0.6) is 23.0 Å². The van der Waals surface area contributed by atoms with E-state index in [0.29, 0.717) is 36.9 Å².